The molecule has 0 aliphatic rings. The van der Waals surface area contributed by atoms with E-state index in [0.29, 0.717) is 16.7 Å². The van der Waals surface area contributed by atoms with Crippen LogP contribution in [0.2, 0.25) is 0 Å². The highest BCUT2D eigenvalue weighted by atomic mass is 16.5. The molecule has 92 valence electrons. The zero-order valence-corrected chi connectivity index (χ0v) is 10.4. The number of nitrogens with zero attached hydrogens (tertiary/aromatic N) is 3. The minimum atomic E-state index is -0.252. The third kappa shape index (κ3) is 1.76. The number of ether oxygens (including phenoxy) is 1. The van der Waals surface area contributed by atoms with Gasteiger partial charge in [0, 0.05) is 14.1 Å². The summed E-state index contributed by atoms with van der Waals surface area (Å²) in [5.41, 5.74) is 1.20. The maximum atomic E-state index is 11.9. The lowest BCUT2D eigenvalue weighted by atomic mass is 10.2. The van der Waals surface area contributed by atoms with Crippen LogP contribution in [-0.2, 0) is 0 Å². The number of diazo groups is 1. The van der Waals surface area contributed by atoms with Gasteiger partial charge in [0.1, 0.15) is 5.75 Å². The third-order valence-corrected chi connectivity index (χ3v) is 2.70. The van der Waals surface area contributed by atoms with Crippen LogP contribution in [0.4, 0.5) is 5.69 Å². The van der Waals surface area contributed by atoms with Crippen molar-refractivity contribution in [3.05, 3.63) is 28.9 Å². The van der Waals surface area contributed by atoms with Crippen molar-refractivity contribution in [3.8, 4) is 5.75 Å². The Morgan fingerprint density at radius 3 is 2.72 bits per heavy atom. The SMILES string of the molecule is COc1ccc2[nH]c(C(=O)N(C)C)c([N+]#N)c2c1. The Morgan fingerprint density at radius 2 is 2.17 bits per heavy atom. The number of fused-ring (bicyclic) bond motifs is 1. The number of rotatable bonds is 2. The Morgan fingerprint density at radius 1 is 1.44 bits per heavy atom. The topological polar surface area (TPSA) is 73.5 Å². The van der Waals surface area contributed by atoms with Crippen molar-refractivity contribution in [2.75, 3.05) is 21.2 Å². The molecule has 6 nitrogen and oxygen atoms in total. The van der Waals surface area contributed by atoms with Crippen molar-refractivity contribution < 1.29 is 9.53 Å². The molecule has 2 rings (SSSR count). The Hall–Kier alpha value is -2.55. The van der Waals surface area contributed by atoms with Crippen LogP contribution in [-0.4, -0.2) is 37.0 Å². The Kier molecular flexibility index (Phi) is 2.90. The Labute approximate surface area is 104 Å². The summed E-state index contributed by atoms with van der Waals surface area (Å²) in [6.45, 7) is 0. The monoisotopic (exact) mass is 245 g/mol. The van der Waals surface area contributed by atoms with E-state index in [0.717, 1.165) is 0 Å². The molecule has 1 aromatic heterocycles. The van der Waals surface area contributed by atoms with E-state index >= 15 is 0 Å². The second-order valence-corrected chi connectivity index (χ2v) is 4.06. The van der Waals surface area contributed by atoms with Crippen molar-refractivity contribution >= 4 is 22.5 Å². The van der Waals surface area contributed by atoms with Gasteiger partial charge in [-0.15, -0.1) is 0 Å². The fourth-order valence-corrected chi connectivity index (χ4v) is 1.77. The van der Waals surface area contributed by atoms with Gasteiger partial charge in [0.2, 0.25) is 11.1 Å². The zero-order valence-electron chi connectivity index (χ0n) is 10.4. The molecule has 0 bridgehead atoms. The Balaban J connectivity index is 2.70. The molecule has 0 unspecified atom stereocenters. The maximum absolute atomic E-state index is 11.9. The normalized spacial score (nSPS) is 10.1. The van der Waals surface area contributed by atoms with Gasteiger partial charge in [-0.1, -0.05) is 0 Å². The molecule has 6 heteroatoms. The van der Waals surface area contributed by atoms with Crippen LogP contribution in [0.15, 0.2) is 18.2 Å². The van der Waals surface area contributed by atoms with Gasteiger partial charge in [0.25, 0.3) is 5.91 Å². The first-order chi connectivity index (χ1) is 8.58. The third-order valence-electron chi connectivity index (χ3n) is 2.70. The standard InChI is InChI=1S/C12H12N4O2/c1-16(2)12(17)11-10(15-13)8-6-7(18-3)4-5-9(8)14-11/h4-6H,1-3H3/p+1. The molecule has 1 heterocycles. The van der Waals surface area contributed by atoms with Gasteiger partial charge in [-0.25, -0.2) is 0 Å². The number of hydrogen-bond donors (Lipinski definition) is 1. The lowest BCUT2D eigenvalue weighted by Gasteiger charge is -2.05. The summed E-state index contributed by atoms with van der Waals surface area (Å²) in [5.74, 6) is 0.383. The fraction of sp³-hybridized carbons (Fsp3) is 0.250. The molecular weight excluding hydrogens is 232 g/mol. The smallest absolute Gasteiger partial charge is 0.423 e. The van der Waals surface area contributed by atoms with Crippen LogP contribution in [0.5, 0.6) is 5.75 Å². The summed E-state index contributed by atoms with van der Waals surface area (Å²) in [5, 5.41) is 9.73. The molecule has 18 heavy (non-hydrogen) atoms. The summed E-state index contributed by atoms with van der Waals surface area (Å²) in [7, 11) is 4.82. The number of nitrogens with one attached hydrogen (secondary N) is 1. The van der Waals surface area contributed by atoms with Crippen LogP contribution < -0.4 is 4.74 Å². The van der Waals surface area contributed by atoms with Gasteiger partial charge in [0.15, 0.2) is 4.98 Å². The largest absolute Gasteiger partial charge is 0.497 e. The van der Waals surface area contributed by atoms with Crippen LogP contribution in [0.1, 0.15) is 10.5 Å². The number of benzene rings is 1. The molecule has 0 spiro atoms. The summed E-state index contributed by atoms with van der Waals surface area (Å²) < 4.78 is 5.11. The molecule has 0 saturated carbocycles. The number of H-pyrrole nitrogens is 1. The molecule has 0 aliphatic heterocycles. The van der Waals surface area contributed by atoms with E-state index in [-0.39, 0.29) is 17.3 Å². The van der Waals surface area contributed by atoms with Gasteiger partial charge in [0.05, 0.1) is 18.0 Å². The number of carbonyl (C=O) groups is 1. The van der Waals surface area contributed by atoms with Crippen LogP contribution in [0.3, 0.4) is 0 Å². The van der Waals surface area contributed by atoms with Crippen molar-refractivity contribution in [3.63, 3.8) is 0 Å². The van der Waals surface area contributed by atoms with Crippen LogP contribution >= 0.6 is 0 Å². The molecule has 0 saturated heterocycles. The van der Waals surface area contributed by atoms with Crippen molar-refractivity contribution in [1.82, 2.24) is 9.88 Å². The second kappa shape index (κ2) is 4.37. The minimum Gasteiger partial charge on any atom is -0.497 e. The first kappa shape index (κ1) is 11.9. The lowest BCUT2D eigenvalue weighted by Crippen LogP contribution is -2.21. The quantitative estimate of drug-likeness (QED) is 0.825. The highest BCUT2D eigenvalue weighted by Gasteiger charge is 2.28. The fourth-order valence-electron chi connectivity index (χ4n) is 1.77. The van der Waals surface area contributed by atoms with Gasteiger partial charge >= 0.3 is 5.69 Å². The molecule has 0 atom stereocenters. The van der Waals surface area contributed by atoms with Crippen molar-refractivity contribution in [1.29, 1.82) is 5.39 Å². The zero-order chi connectivity index (χ0) is 13.3. The molecule has 0 aliphatic carbocycles. The van der Waals surface area contributed by atoms with E-state index in [1.807, 2.05) is 0 Å². The van der Waals surface area contributed by atoms with Crippen molar-refractivity contribution in [2.45, 2.75) is 0 Å². The number of hydrogen-bond acceptors (Lipinski definition) is 3. The number of carbonyl (C=O) groups excluding carboxylic acids is 1. The average Bonchev–Trinajstić information content (AvgIpc) is 2.74. The number of aromatic amines is 1. The summed E-state index contributed by atoms with van der Waals surface area (Å²) in [4.78, 5) is 19.5. The van der Waals surface area contributed by atoms with E-state index in [1.165, 1.54) is 4.90 Å². The maximum Gasteiger partial charge on any atom is 0.423 e. The first-order valence-corrected chi connectivity index (χ1v) is 5.35. The molecular formula is C12H13N4O2+. The Bertz CT molecular complexity index is 652. The van der Waals surface area contributed by atoms with Crippen molar-refractivity contribution in [2.24, 2.45) is 0 Å². The van der Waals surface area contributed by atoms with Crippen LogP contribution in [0.25, 0.3) is 15.9 Å². The highest BCUT2D eigenvalue weighted by Crippen LogP contribution is 2.33. The van der Waals surface area contributed by atoms with Crippen LogP contribution in [0, 0.1) is 5.39 Å². The second-order valence-electron chi connectivity index (χ2n) is 4.06. The van der Waals surface area contributed by atoms with E-state index in [9.17, 15) is 4.79 Å². The first-order valence-electron chi connectivity index (χ1n) is 5.35. The number of aromatic nitrogens is 1. The predicted molar refractivity (Wildman–Crippen MR) is 67.6 cm³/mol. The molecule has 0 fully saturated rings. The minimum absolute atomic E-state index is 0.225. The van der Waals surface area contributed by atoms with E-state index in [1.54, 1.807) is 39.4 Å². The molecule has 2 aromatic rings. The summed E-state index contributed by atoms with van der Waals surface area (Å²) in [6, 6.07) is 5.26. The molecule has 1 N–H and O–H groups in total. The molecule has 0 radical (unpaired) electrons. The summed E-state index contributed by atoms with van der Waals surface area (Å²) >= 11 is 0. The van der Waals surface area contributed by atoms with Gasteiger partial charge in [-0.3, -0.25) is 4.79 Å². The average molecular weight is 245 g/mol. The van der Waals surface area contributed by atoms with E-state index < -0.39 is 0 Å². The number of amides is 1. The highest BCUT2D eigenvalue weighted by molar-refractivity contribution is 6.08. The van der Waals surface area contributed by atoms with Gasteiger partial charge < -0.3 is 14.6 Å². The predicted octanol–water partition coefficient (Wildman–Crippen LogP) is 2.36. The van der Waals surface area contributed by atoms with E-state index in [2.05, 4.69) is 9.96 Å². The number of methoxy groups -OCH3 is 1. The molecule has 1 aromatic carbocycles. The van der Waals surface area contributed by atoms with Gasteiger partial charge in [-0.05, 0) is 18.2 Å². The van der Waals surface area contributed by atoms with Gasteiger partial charge in [-0.2, -0.15) is 0 Å². The molecule has 1 amide bonds. The summed E-state index contributed by atoms with van der Waals surface area (Å²) in [6.07, 6.45) is 0. The lowest BCUT2D eigenvalue weighted by molar-refractivity contribution is 0.0824. The van der Waals surface area contributed by atoms with E-state index in [4.69, 9.17) is 10.1 Å².